The van der Waals surface area contributed by atoms with Gasteiger partial charge in [0, 0.05) is 24.9 Å². The van der Waals surface area contributed by atoms with Crippen molar-refractivity contribution in [3.63, 3.8) is 0 Å². The molecule has 1 aliphatic rings. The summed E-state index contributed by atoms with van der Waals surface area (Å²) < 4.78 is 26.4. The summed E-state index contributed by atoms with van der Waals surface area (Å²) in [6.45, 7) is 0.813. The van der Waals surface area contributed by atoms with Crippen LogP contribution in [0, 0.1) is 0 Å². The molecule has 18 heavy (non-hydrogen) atoms. The molecule has 3 N–H and O–H groups in total. The van der Waals surface area contributed by atoms with E-state index in [1.807, 2.05) is 0 Å². The fourth-order valence-electron chi connectivity index (χ4n) is 1.55. The van der Waals surface area contributed by atoms with E-state index >= 15 is 0 Å². The first-order valence-corrected chi connectivity index (χ1v) is 7.57. The Bertz CT molecular complexity index is 481. The standard InChI is InChI=1S/C12H18N2O3S/c15-9-1-8-13-10-4-6-12(7-5-10)18(16,17)14-11-2-3-11/h4-7,11,13-15H,1-3,8-9H2. The molecule has 0 amide bonds. The van der Waals surface area contributed by atoms with Crippen LogP contribution in [0.25, 0.3) is 0 Å². The van der Waals surface area contributed by atoms with E-state index in [0.717, 1.165) is 18.5 Å². The van der Waals surface area contributed by atoms with Crippen LogP contribution in [0.4, 0.5) is 5.69 Å². The van der Waals surface area contributed by atoms with Gasteiger partial charge in [0.25, 0.3) is 0 Å². The van der Waals surface area contributed by atoms with Crippen molar-refractivity contribution in [3.05, 3.63) is 24.3 Å². The second-order valence-electron chi connectivity index (χ2n) is 4.42. The van der Waals surface area contributed by atoms with Gasteiger partial charge in [0.15, 0.2) is 0 Å². The lowest BCUT2D eigenvalue weighted by Gasteiger charge is -2.08. The van der Waals surface area contributed by atoms with Gasteiger partial charge in [-0.25, -0.2) is 13.1 Å². The second kappa shape index (κ2) is 5.69. The summed E-state index contributed by atoms with van der Waals surface area (Å²) in [7, 11) is -3.36. The summed E-state index contributed by atoms with van der Waals surface area (Å²) in [6.07, 6.45) is 2.53. The number of aliphatic hydroxyl groups is 1. The molecule has 1 aliphatic carbocycles. The summed E-state index contributed by atoms with van der Waals surface area (Å²) in [4.78, 5) is 0.294. The van der Waals surface area contributed by atoms with E-state index in [1.165, 1.54) is 0 Å². The van der Waals surface area contributed by atoms with Crippen LogP contribution in [0.15, 0.2) is 29.2 Å². The minimum absolute atomic E-state index is 0.123. The third-order valence-corrected chi connectivity index (χ3v) is 4.26. The van der Waals surface area contributed by atoms with E-state index in [4.69, 9.17) is 5.11 Å². The quantitative estimate of drug-likeness (QED) is 0.644. The van der Waals surface area contributed by atoms with E-state index < -0.39 is 10.0 Å². The first-order valence-electron chi connectivity index (χ1n) is 6.09. The number of aliphatic hydroxyl groups excluding tert-OH is 1. The Morgan fingerprint density at radius 2 is 1.89 bits per heavy atom. The second-order valence-corrected chi connectivity index (χ2v) is 6.14. The van der Waals surface area contributed by atoms with Crippen LogP contribution >= 0.6 is 0 Å². The van der Waals surface area contributed by atoms with E-state index in [0.29, 0.717) is 17.9 Å². The number of sulfonamides is 1. The zero-order valence-corrected chi connectivity index (χ0v) is 10.9. The average Bonchev–Trinajstić information content (AvgIpc) is 3.13. The highest BCUT2D eigenvalue weighted by Crippen LogP contribution is 2.22. The van der Waals surface area contributed by atoms with E-state index in [1.54, 1.807) is 24.3 Å². The monoisotopic (exact) mass is 270 g/mol. The molecular weight excluding hydrogens is 252 g/mol. The molecule has 1 fully saturated rings. The van der Waals surface area contributed by atoms with Crippen molar-refractivity contribution >= 4 is 15.7 Å². The minimum Gasteiger partial charge on any atom is -0.396 e. The van der Waals surface area contributed by atoms with Gasteiger partial charge in [-0.2, -0.15) is 0 Å². The first-order chi connectivity index (χ1) is 8.62. The molecule has 1 aromatic rings. The molecule has 1 saturated carbocycles. The maximum absolute atomic E-state index is 11.9. The Hall–Kier alpha value is -1.11. The van der Waals surface area contributed by atoms with Gasteiger partial charge in [0.05, 0.1) is 4.90 Å². The molecule has 0 radical (unpaired) electrons. The SMILES string of the molecule is O=S(=O)(NC1CC1)c1ccc(NCCCO)cc1. The van der Waals surface area contributed by atoms with Crippen LogP contribution in [0.3, 0.4) is 0 Å². The predicted molar refractivity (Wildman–Crippen MR) is 70.0 cm³/mol. The third kappa shape index (κ3) is 3.69. The minimum atomic E-state index is -3.36. The molecule has 100 valence electrons. The zero-order valence-electron chi connectivity index (χ0n) is 10.1. The van der Waals surface area contributed by atoms with Gasteiger partial charge < -0.3 is 10.4 Å². The molecule has 0 bridgehead atoms. The molecule has 0 aromatic heterocycles. The Balaban J connectivity index is 1.97. The van der Waals surface area contributed by atoms with Crippen LogP contribution < -0.4 is 10.0 Å². The predicted octanol–water partition coefficient (Wildman–Crippen LogP) is 0.922. The van der Waals surface area contributed by atoms with Crippen LogP contribution in [0.2, 0.25) is 0 Å². The van der Waals surface area contributed by atoms with Crippen molar-refractivity contribution in [1.29, 1.82) is 0 Å². The molecule has 0 atom stereocenters. The lowest BCUT2D eigenvalue weighted by Crippen LogP contribution is -2.25. The highest BCUT2D eigenvalue weighted by atomic mass is 32.2. The Morgan fingerprint density at radius 3 is 2.44 bits per heavy atom. The number of benzene rings is 1. The molecule has 0 spiro atoms. The van der Waals surface area contributed by atoms with Gasteiger partial charge in [-0.05, 0) is 43.5 Å². The van der Waals surface area contributed by atoms with Gasteiger partial charge in [0.1, 0.15) is 0 Å². The van der Waals surface area contributed by atoms with Gasteiger partial charge in [-0.15, -0.1) is 0 Å². The van der Waals surface area contributed by atoms with E-state index in [2.05, 4.69) is 10.0 Å². The molecule has 0 saturated heterocycles. The van der Waals surface area contributed by atoms with E-state index in [-0.39, 0.29) is 12.6 Å². The van der Waals surface area contributed by atoms with Crippen molar-refractivity contribution < 1.29 is 13.5 Å². The van der Waals surface area contributed by atoms with Crippen molar-refractivity contribution in [2.45, 2.75) is 30.2 Å². The third-order valence-electron chi connectivity index (χ3n) is 2.73. The lowest BCUT2D eigenvalue weighted by molar-refractivity contribution is 0.292. The van der Waals surface area contributed by atoms with Crippen LogP contribution in [0.1, 0.15) is 19.3 Å². The van der Waals surface area contributed by atoms with Gasteiger partial charge in [-0.3, -0.25) is 0 Å². The topological polar surface area (TPSA) is 78.4 Å². The molecule has 6 heteroatoms. The maximum Gasteiger partial charge on any atom is 0.240 e. The largest absolute Gasteiger partial charge is 0.396 e. The number of anilines is 1. The number of hydrogen-bond donors (Lipinski definition) is 3. The molecule has 1 aromatic carbocycles. The molecular formula is C12H18N2O3S. The van der Waals surface area contributed by atoms with Crippen molar-refractivity contribution in [3.8, 4) is 0 Å². The van der Waals surface area contributed by atoms with Gasteiger partial charge in [-0.1, -0.05) is 0 Å². The summed E-state index contributed by atoms with van der Waals surface area (Å²) in [5, 5.41) is 11.8. The highest BCUT2D eigenvalue weighted by Gasteiger charge is 2.27. The maximum atomic E-state index is 11.9. The lowest BCUT2D eigenvalue weighted by atomic mass is 10.3. The molecule has 2 rings (SSSR count). The number of hydrogen-bond acceptors (Lipinski definition) is 4. The molecule has 0 unspecified atom stereocenters. The normalized spacial score (nSPS) is 15.6. The Morgan fingerprint density at radius 1 is 1.22 bits per heavy atom. The molecule has 5 nitrogen and oxygen atoms in total. The van der Waals surface area contributed by atoms with Gasteiger partial charge >= 0.3 is 0 Å². The summed E-state index contributed by atoms with van der Waals surface area (Å²) in [5.41, 5.74) is 0.855. The van der Waals surface area contributed by atoms with Crippen LogP contribution in [0.5, 0.6) is 0 Å². The van der Waals surface area contributed by atoms with Crippen molar-refractivity contribution in [2.75, 3.05) is 18.5 Å². The Kier molecular flexibility index (Phi) is 4.21. The molecule has 0 aliphatic heterocycles. The fourth-order valence-corrected chi connectivity index (χ4v) is 2.86. The summed E-state index contributed by atoms with van der Waals surface area (Å²) >= 11 is 0. The van der Waals surface area contributed by atoms with Gasteiger partial charge in [0.2, 0.25) is 10.0 Å². The van der Waals surface area contributed by atoms with Crippen LogP contribution in [-0.2, 0) is 10.0 Å². The average molecular weight is 270 g/mol. The van der Waals surface area contributed by atoms with E-state index in [9.17, 15) is 8.42 Å². The summed E-state index contributed by atoms with van der Waals surface area (Å²) in [5.74, 6) is 0. The number of nitrogens with one attached hydrogen (secondary N) is 2. The van der Waals surface area contributed by atoms with Crippen molar-refractivity contribution in [1.82, 2.24) is 4.72 Å². The van der Waals surface area contributed by atoms with Crippen molar-refractivity contribution in [2.24, 2.45) is 0 Å². The zero-order chi connectivity index (χ0) is 13.0. The highest BCUT2D eigenvalue weighted by molar-refractivity contribution is 7.89. The summed E-state index contributed by atoms with van der Waals surface area (Å²) in [6, 6.07) is 6.77. The smallest absolute Gasteiger partial charge is 0.240 e. The first kappa shape index (κ1) is 13.3. The fraction of sp³-hybridized carbons (Fsp3) is 0.500. The molecule has 0 heterocycles. The van der Waals surface area contributed by atoms with Crippen LogP contribution in [-0.4, -0.2) is 32.7 Å². The number of rotatable bonds is 7. The Labute approximate surface area is 107 Å².